The Morgan fingerprint density at radius 3 is 2.00 bits per heavy atom. The van der Waals surface area contributed by atoms with Gasteiger partial charge in [0.05, 0.1) is 0 Å². The average molecular weight is 313 g/mol. The minimum absolute atomic E-state index is 0.269. The van der Waals surface area contributed by atoms with Gasteiger partial charge in [0.15, 0.2) is 5.78 Å². The van der Waals surface area contributed by atoms with Crippen LogP contribution >= 0.6 is 0 Å². The number of aliphatic carboxylic acids is 1. The highest BCUT2D eigenvalue weighted by molar-refractivity contribution is 5.98. The molecule has 0 saturated heterocycles. The van der Waals surface area contributed by atoms with Gasteiger partial charge in [-0.3, -0.25) is 19.7 Å². The second-order valence-corrected chi connectivity index (χ2v) is 5.08. The summed E-state index contributed by atoms with van der Waals surface area (Å²) in [7, 11) is 0. The Morgan fingerprint density at radius 2 is 1.52 bits per heavy atom. The first-order chi connectivity index (χ1) is 11.0. The molecular formula is C17H15NO5. The molecule has 2 aromatic carbocycles. The summed E-state index contributed by atoms with van der Waals surface area (Å²) in [6.45, 7) is 0. The van der Waals surface area contributed by atoms with Crippen molar-refractivity contribution < 1.29 is 19.6 Å². The van der Waals surface area contributed by atoms with Gasteiger partial charge in [-0.15, -0.1) is 0 Å². The van der Waals surface area contributed by atoms with Gasteiger partial charge in [0.25, 0.3) is 6.04 Å². The van der Waals surface area contributed by atoms with Crippen LogP contribution in [0.3, 0.4) is 0 Å². The minimum atomic E-state index is -1.47. The van der Waals surface area contributed by atoms with Crippen molar-refractivity contribution in [3.63, 3.8) is 0 Å². The molecule has 2 unspecified atom stereocenters. The number of ketones is 1. The predicted molar refractivity (Wildman–Crippen MR) is 82.7 cm³/mol. The van der Waals surface area contributed by atoms with E-state index in [4.69, 9.17) is 0 Å². The van der Waals surface area contributed by atoms with Crippen LogP contribution in [0.5, 0.6) is 0 Å². The molecule has 0 saturated carbocycles. The normalized spacial score (nSPS) is 13.0. The second-order valence-electron chi connectivity index (χ2n) is 5.08. The van der Waals surface area contributed by atoms with Gasteiger partial charge >= 0.3 is 5.97 Å². The fourth-order valence-electron chi connectivity index (χ4n) is 2.43. The van der Waals surface area contributed by atoms with E-state index in [1.54, 1.807) is 48.5 Å². The molecule has 0 radical (unpaired) electrons. The summed E-state index contributed by atoms with van der Waals surface area (Å²) < 4.78 is 0. The van der Waals surface area contributed by atoms with Crippen molar-refractivity contribution in [3.05, 3.63) is 81.9 Å². The van der Waals surface area contributed by atoms with Gasteiger partial charge in [-0.2, -0.15) is 0 Å². The standard InChI is InChI=1S/C17H15NO5/c19-15(12-7-3-1-4-8-12)11-14(17(20)21)16(18(22)23)13-9-5-2-6-10-13/h1-10,14,16H,11H2,(H,20,21). The number of benzene rings is 2. The van der Waals surface area contributed by atoms with E-state index in [-0.39, 0.29) is 5.56 Å². The highest BCUT2D eigenvalue weighted by Crippen LogP contribution is 2.29. The summed E-state index contributed by atoms with van der Waals surface area (Å²) in [5.74, 6) is -3.22. The van der Waals surface area contributed by atoms with E-state index in [1.165, 1.54) is 12.1 Å². The Kier molecular flexibility index (Phi) is 5.19. The van der Waals surface area contributed by atoms with Gasteiger partial charge in [-0.05, 0) is 0 Å². The van der Waals surface area contributed by atoms with Crippen LogP contribution in [0.15, 0.2) is 60.7 Å². The number of carbonyl (C=O) groups is 2. The molecule has 118 valence electrons. The first-order valence-corrected chi connectivity index (χ1v) is 7.00. The van der Waals surface area contributed by atoms with Gasteiger partial charge in [-0.1, -0.05) is 60.7 Å². The predicted octanol–water partition coefficient (Wildman–Crippen LogP) is 2.98. The lowest BCUT2D eigenvalue weighted by Crippen LogP contribution is -2.30. The highest BCUT2D eigenvalue weighted by Gasteiger charge is 2.40. The molecule has 2 rings (SSSR count). The van der Waals surface area contributed by atoms with E-state index in [2.05, 4.69) is 0 Å². The van der Waals surface area contributed by atoms with Gasteiger partial charge in [0.2, 0.25) is 0 Å². The van der Waals surface area contributed by atoms with Crippen molar-refractivity contribution in [1.82, 2.24) is 0 Å². The number of nitrogens with zero attached hydrogens (tertiary/aromatic N) is 1. The molecule has 0 amide bonds. The van der Waals surface area contributed by atoms with E-state index in [1.807, 2.05) is 0 Å². The monoisotopic (exact) mass is 313 g/mol. The third kappa shape index (κ3) is 4.00. The molecule has 0 heterocycles. The number of carboxylic acid groups (broad SMARTS) is 1. The summed E-state index contributed by atoms with van der Waals surface area (Å²) in [5, 5.41) is 20.8. The fraction of sp³-hybridized carbons (Fsp3) is 0.176. The molecule has 0 aliphatic carbocycles. The maximum Gasteiger partial charge on any atom is 0.314 e. The largest absolute Gasteiger partial charge is 0.481 e. The molecular weight excluding hydrogens is 298 g/mol. The Morgan fingerprint density at radius 1 is 1.00 bits per heavy atom. The minimum Gasteiger partial charge on any atom is -0.481 e. The van der Waals surface area contributed by atoms with E-state index >= 15 is 0 Å². The molecule has 0 spiro atoms. The number of carboxylic acids is 1. The number of hydrogen-bond donors (Lipinski definition) is 1. The lowest BCUT2D eigenvalue weighted by molar-refractivity contribution is -0.536. The van der Waals surface area contributed by atoms with Crippen molar-refractivity contribution in [2.24, 2.45) is 5.92 Å². The molecule has 1 N–H and O–H groups in total. The van der Waals surface area contributed by atoms with Crippen LogP contribution in [-0.2, 0) is 4.79 Å². The molecule has 0 bridgehead atoms. The second kappa shape index (κ2) is 7.31. The SMILES string of the molecule is O=C(CC(C(=O)O)C(c1ccccc1)[N+](=O)[O-])c1ccccc1. The topological polar surface area (TPSA) is 97.5 Å². The first kappa shape index (κ1) is 16.4. The molecule has 0 fully saturated rings. The third-order valence-corrected chi connectivity index (χ3v) is 3.57. The Hall–Kier alpha value is -3.02. The van der Waals surface area contributed by atoms with Gasteiger partial charge in [0.1, 0.15) is 5.92 Å². The summed E-state index contributed by atoms with van der Waals surface area (Å²) in [6.07, 6.45) is -0.431. The van der Waals surface area contributed by atoms with Crippen molar-refractivity contribution in [2.45, 2.75) is 12.5 Å². The molecule has 0 aliphatic rings. The molecule has 6 nitrogen and oxygen atoms in total. The number of nitro groups is 1. The Labute approximate surface area is 132 Å². The molecule has 6 heteroatoms. The smallest absolute Gasteiger partial charge is 0.314 e. The van der Waals surface area contributed by atoms with Crippen molar-refractivity contribution in [3.8, 4) is 0 Å². The van der Waals surface area contributed by atoms with E-state index < -0.39 is 35.1 Å². The van der Waals surface area contributed by atoms with Gasteiger partial charge in [0, 0.05) is 22.5 Å². The molecule has 2 aromatic rings. The van der Waals surface area contributed by atoms with Crippen molar-refractivity contribution in [1.29, 1.82) is 0 Å². The van der Waals surface area contributed by atoms with Crippen LogP contribution in [0, 0.1) is 16.0 Å². The van der Waals surface area contributed by atoms with Crippen molar-refractivity contribution >= 4 is 11.8 Å². The van der Waals surface area contributed by atoms with Crippen LogP contribution in [-0.4, -0.2) is 21.8 Å². The Bertz CT molecular complexity index is 699. The van der Waals surface area contributed by atoms with Crippen LogP contribution in [0.4, 0.5) is 0 Å². The highest BCUT2D eigenvalue weighted by atomic mass is 16.6. The molecule has 0 aliphatic heterocycles. The molecule has 2 atom stereocenters. The maximum atomic E-state index is 12.2. The van der Waals surface area contributed by atoms with E-state index in [0.29, 0.717) is 5.56 Å². The van der Waals surface area contributed by atoms with Crippen LogP contribution in [0.1, 0.15) is 28.4 Å². The van der Waals surface area contributed by atoms with Gasteiger partial charge < -0.3 is 5.11 Å². The summed E-state index contributed by atoms with van der Waals surface area (Å²) in [4.78, 5) is 34.5. The summed E-state index contributed by atoms with van der Waals surface area (Å²) in [5.41, 5.74) is 0.611. The summed E-state index contributed by atoms with van der Waals surface area (Å²) in [6, 6.07) is 14.6. The Balaban J connectivity index is 2.31. The zero-order valence-corrected chi connectivity index (χ0v) is 12.2. The quantitative estimate of drug-likeness (QED) is 0.481. The first-order valence-electron chi connectivity index (χ1n) is 7.00. The van der Waals surface area contributed by atoms with E-state index in [9.17, 15) is 24.8 Å². The van der Waals surface area contributed by atoms with Gasteiger partial charge in [-0.25, -0.2) is 0 Å². The number of rotatable bonds is 7. The van der Waals surface area contributed by atoms with Crippen LogP contribution in [0.25, 0.3) is 0 Å². The van der Waals surface area contributed by atoms with Crippen LogP contribution < -0.4 is 0 Å². The molecule has 0 aromatic heterocycles. The number of carbonyl (C=O) groups excluding carboxylic acids is 1. The summed E-state index contributed by atoms with van der Waals surface area (Å²) >= 11 is 0. The maximum absolute atomic E-state index is 12.2. The fourth-order valence-corrected chi connectivity index (χ4v) is 2.43. The van der Waals surface area contributed by atoms with E-state index in [0.717, 1.165) is 0 Å². The zero-order valence-electron chi connectivity index (χ0n) is 12.2. The lowest BCUT2D eigenvalue weighted by Gasteiger charge is -2.17. The molecule has 23 heavy (non-hydrogen) atoms. The lowest BCUT2D eigenvalue weighted by atomic mass is 9.88. The third-order valence-electron chi connectivity index (χ3n) is 3.57. The number of hydrogen-bond acceptors (Lipinski definition) is 4. The average Bonchev–Trinajstić information content (AvgIpc) is 2.55. The zero-order chi connectivity index (χ0) is 16.8. The van der Waals surface area contributed by atoms with Crippen LogP contribution in [0.2, 0.25) is 0 Å². The number of Topliss-reactive ketones (excluding diaryl/α,β-unsaturated/α-hetero) is 1. The van der Waals surface area contributed by atoms with Crippen molar-refractivity contribution in [2.75, 3.05) is 0 Å².